The molecule has 0 aliphatic rings. The predicted molar refractivity (Wildman–Crippen MR) is 102 cm³/mol. The molecule has 1 amide bonds. The van der Waals surface area contributed by atoms with Crippen molar-refractivity contribution in [2.24, 2.45) is 0 Å². The van der Waals surface area contributed by atoms with Gasteiger partial charge >= 0.3 is 0 Å². The molecule has 8 heteroatoms. The van der Waals surface area contributed by atoms with Gasteiger partial charge in [-0.1, -0.05) is 41.9 Å². The Kier molecular flexibility index (Phi) is 5.60. The van der Waals surface area contributed by atoms with Gasteiger partial charge in [0.15, 0.2) is 0 Å². The van der Waals surface area contributed by atoms with Gasteiger partial charge in [0.25, 0.3) is 11.6 Å². The minimum absolute atomic E-state index is 0.00228. The Morgan fingerprint density at radius 1 is 1.23 bits per heavy atom. The van der Waals surface area contributed by atoms with E-state index in [1.54, 1.807) is 11.3 Å². The molecule has 0 unspecified atom stereocenters. The topological polar surface area (TPSA) is 85.1 Å². The van der Waals surface area contributed by atoms with Crippen LogP contribution >= 0.6 is 22.9 Å². The Morgan fingerprint density at radius 3 is 2.73 bits per heavy atom. The zero-order valence-electron chi connectivity index (χ0n) is 13.5. The smallest absolute Gasteiger partial charge is 0.288 e. The highest BCUT2D eigenvalue weighted by Crippen LogP contribution is 2.25. The van der Waals surface area contributed by atoms with E-state index in [4.69, 9.17) is 11.6 Å². The Hall–Kier alpha value is -2.77. The van der Waals surface area contributed by atoms with Crippen LogP contribution in [-0.4, -0.2) is 22.4 Å². The summed E-state index contributed by atoms with van der Waals surface area (Å²) in [7, 11) is 0. The van der Waals surface area contributed by atoms with Crippen molar-refractivity contribution in [1.82, 2.24) is 10.3 Å². The number of nitro groups is 1. The largest absolute Gasteiger partial charge is 0.352 e. The molecule has 0 saturated carbocycles. The van der Waals surface area contributed by atoms with Crippen LogP contribution in [0.1, 0.15) is 16.1 Å². The minimum Gasteiger partial charge on any atom is -0.352 e. The summed E-state index contributed by atoms with van der Waals surface area (Å²) in [4.78, 5) is 27.0. The first-order valence-electron chi connectivity index (χ1n) is 7.76. The first-order chi connectivity index (χ1) is 12.5. The number of carbonyl (C=O) groups excluding carboxylic acids is 1. The van der Waals surface area contributed by atoms with Crippen molar-refractivity contribution < 1.29 is 9.72 Å². The molecule has 0 atom stereocenters. The standard InChI is InChI=1S/C18H14ClN3O3S/c19-15-7-6-13(10-16(15)22(24)25)17(23)20-9-8-14-11-26-18(21-14)12-4-2-1-3-5-12/h1-7,10-11H,8-9H2,(H,20,23). The van der Waals surface area contributed by atoms with Crippen molar-refractivity contribution in [3.05, 3.63) is 80.3 Å². The first-order valence-corrected chi connectivity index (χ1v) is 9.02. The molecule has 132 valence electrons. The number of amides is 1. The maximum atomic E-state index is 12.2. The normalized spacial score (nSPS) is 10.5. The van der Waals surface area contributed by atoms with Gasteiger partial charge in [-0.3, -0.25) is 14.9 Å². The number of nitrogens with one attached hydrogen (secondary N) is 1. The molecule has 1 N–H and O–H groups in total. The van der Waals surface area contributed by atoms with Crippen LogP contribution in [0, 0.1) is 10.1 Å². The third-order valence-corrected chi connectivity index (χ3v) is 4.90. The molecule has 0 saturated heterocycles. The Balaban J connectivity index is 1.58. The molecule has 0 bridgehead atoms. The lowest BCUT2D eigenvalue weighted by atomic mass is 10.2. The molecule has 3 rings (SSSR count). The van der Waals surface area contributed by atoms with Gasteiger partial charge in [0, 0.05) is 35.5 Å². The number of hydrogen-bond donors (Lipinski definition) is 1. The number of nitrogens with zero attached hydrogens (tertiary/aromatic N) is 2. The van der Waals surface area contributed by atoms with Gasteiger partial charge in [-0.05, 0) is 12.1 Å². The summed E-state index contributed by atoms with van der Waals surface area (Å²) in [6, 6.07) is 13.9. The molecule has 0 radical (unpaired) electrons. The van der Waals surface area contributed by atoms with Gasteiger partial charge in [0.2, 0.25) is 0 Å². The minimum atomic E-state index is -0.612. The summed E-state index contributed by atoms with van der Waals surface area (Å²) < 4.78 is 0. The number of benzene rings is 2. The van der Waals surface area contributed by atoms with Gasteiger partial charge in [0.05, 0.1) is 10.6 Å². The van der Waals surface area contributed by atoms with Crippen molar-refractivity contribution >= 4 is 34.5 Å². The molecular weight excluding hydrogens is 374 g/mol. The van der Waals surface area contributed by atoms with E-state index in [1.165, 1.54) is 18.2 Å². The summed E-state index contributed by atoms with van der Waals surface area (Å²) in [6.45, 7) is 0.382. The van der Waals surface area contributed by atoms with Gasteiger partial charge < -0.3 is 5.32 Å². The number of rotatable bonds is 6. The van der Waals surface area contributed by atoms with Crippen molar-refractivity contribution in [1.29, 1.82) is 0 Å². The fraction of sp³-hybridized carbons (Fsp3) is 0.111. The van der Waals surface area contributed by atoms with E-state index in [2.05, 4.69) is 10.3 Å². The number of hydrogen-bond acceptors (Lipinski definition) is 5. The van der Waals surface area contributed by atoms with E-state index in [0.717, 1.165) is 16.3 Å². The van der Waals surface area contributed by atoms with Gasteiger partial charge in [-0.15, -0.1) is 11.3 Å². The first kappa shape index (κ1) is 18.0. The highest BCUT2D eigenvalue weighted by molar-refractivity contribution is 7.13. The summed E-state index contributed by atoms with van der Waals surface area (Å²) in [6.07, 6.45) is 0.574. The fourth-order valence-corrected chi connectivity index (χ4v) is 3.38. The zero-order valence-corrected chi connectivity index (χ0v) is 15.1. The molecule has 1 aromatic heterocycles. The van der Waals surface area contributed by atoms with Crippen molar-refractivity contribution in [2.45, 2.75) is 6.42 Å². The molecule has 1 heterocycles. The van der Waals surface area contributed by atoms with E-state index in [-0.39, 0.29) is 22.2 Å². The average Bonchev–Trinajstić information content (AvgIpc) is 3.11. The van der Waals surface area contributed by atoms with Crippen LogP contribution in [0.3, 0.4) is 0 Å². The average molecular weight is 388 g/mol. The molecular formula is C18H14ClN3O3S. The molecule has 2 aromatic carbocycles. The maximum Gasteiger partial charge on any atom is 0.288 e. The van der Waals surface area contributed by atoms with Gasteiger partial charge in [0.1, 0.15) is 10.0 Å². The SMILES string of the molecule is O=C(NCCc1csc(-c2ccccc2)n1)c1ccc(Cl)c([N+](=O)[O-])c1. The molecule has 3 aromatic rings. The van der Waals surface area contributed by atoms with E-state index < -0.39 is 4.92 Å². The van der Waals surface area contributed by atoms with Gasteiger partial charge in [-0.25, -0.2) is 4.98 Å². The lowest BCUT2D eigenvalue weighted by Gasteiger charge is -2.04. The zero-order chi connectivity index (χ0) is 18.5. The van der Waals surface area contributed by atoms with Gasteiger partial charge in [-0.2, -0.15) is 0 Å². The van der Waals surface area contributed by atoms with Crippen LogP contribution in [-0.2, 0) is 6.42 Å². The lowest BCUT2D eigenvalue weighted by Crippen LogP contribution is -2.25. The number of thiazole rings is 1. The second kappa shape index (κ2) is 8.07. The predicted octanol–water partition coefficient (Wildman–Crippen LogP) is 4.34. The van der Waals surface area contributed by atoms with Crippen molar-refractivity contribution in [3.63, 3.8) is 0 Å². The van der Waals surface area contributed by atoms with E-state index in [9.17, 15) is 14.9 Å². The van der Waals surface area contributed by atoms with Crippen LogP contribution < -0.4 is 5.32 Å². The second-order valence-corrected chi connectivity index (χ2v) is 6.70. The van der Waals surface area contributed by atoms with Crippen LogP contribution in [0.5, 0.6) is 0 Å². The second-order valence-electron chi connectivity index (χ2n) is 5.44. The van der Waals surface area contributed by atoms with Crippen LogP contribution in [0.2, 0.25) is 5.02 Å². The molecule has 0 aliphatic heterocycles. The quantitative estimate of drug-likeness (QED) is 0.503. The number of carbonyl (C=O) groups is 1. The van der Waals surface area contributed by atoms with E-state index in [1.807, 2.05) is 35.7 Å². The maximum absolute atomic E-state index is 12.2. The molecule has 0 fully saturated rings. The third-order valence-electron chi connectivity index (χ3n) is 3.64. The Morgan fingerprint density at radius 2 is 2.00 bits per heavy atom. The van der Waals surface area contributed by atoms with Crippen LogP contribution in [0.25, 0.3) is 10.6 Å². The number of aromatic nitrogens is 1. The number of nitro benzene ring substituents is 1. The summed E-state index contributed by atoms with van der Waals surface area (Å²) in [5.74, 6) is -0.386. The molecule has 0 spiro atoms. The van der Waals surface area contributed by atoms with E-state index in [0.29, 0.717) is 13.0 Å². The highest BCUT2D eigenvalue weighted by Gasteiger charge is 2.16. The Bertz CT molecular complexity index is 944. The third kappa shape index (κ3) is 4.25. The number of halogens is 1. The molecule has 6 nitrogen and oxygen atoms in total. The van der Waals surface area contributed by atoms with Crippen molar-refractivity contribution in [2.75, 3.05) is 6.54 Å². The summed E-state index contributed by atoms with van der Waals surface area (Å²) >= 11 is 7.30. The fourth-order valence-electron chi connectivity index (χ4n) is 2.34. The van der Waals surface area contributed by atoms with Crippen LogP contribution in [0.4, 0.5) is 5.69 Å². The summed E-state index contributed by atoms with van der Waals surface area (Å²) in [5.41, 5.74) is 1.85. The van der Waals surface area contributed by atoms with Crippen LogP contribution in [0.15, 0.2) is 53.9 Å². The monoisotopic (exact) mass is 387 g/mol. The lowest BCUT2D eigenvalue weighted by molar-refractivity contribution is -0.384. The summed E-state index contributed by atoms with van der Waals surface area (Å²) in [5, 5.41) is 16.5. The highest BCUT2D eigenvalue weighted by atomic mass is 35.5. The Labute approximate surface area is 158 Å². The van der Waals surface area contributed by atoms with Crippen molar-refractivity contribution in [3.8, 4) is 10.6 Å². The molecule has 26 heavy (non-hydrogen) atoms. The van der Waals surface area contributed by atoms with E-state index >= 15 is 0 Å². The molecule has 0 aliphatic carbocycles.